The van der Waals surface area contributed by atoms with E-state index in [1.807, 2.05) is 0 Å². The van der Waals surface area contributed by atoms with Crippen molar-refractivity contribution >= 4 is 11.6 Å². The molecule has 0 aliphatic heterocycles. The van der Waals surface area contributed by atoms with E-state index < -0.39 is 17.7 Å². The molecule has 5 heteroatoms. The molecular weight excluding hydrogens is 212 g/mol. The van der Waals surface area contributed by atoms with Crippen LogP contribution >= 0.6 is 11.6 Å². The Hall–Kier alpha value is -0.710. The third kappa shape index (κ3) is 2.41. The minimum Gasteiger partial charge on any atom is -0.383 e. The largest absolute Gasteiger partial charge is 0.383 e. The molecule has 1 aromatic carbocycles. The lowest BCUT2D eigenvalue weighted by Gasteiger charge is -2.12. The van der Waals surface area contributed by atoms with Gasteiger partial charge in [-0.3, -0.25) is 0 Å². The van der Waals surface area contributed by atoms with Gasteiger partial charge in [-0.05, 0) is 12.1 Å². The molecule has 0 radical (unpaired) electrons. The van der Waals surface area contributed by atoms with Gasteiger partial charge in [-0.1, -0.05) is 11.6 Å². The molecule has 2 N–H and O–H groups in total. The fourth-order valence-electron chi connectivity index (χ4n) is 1.09. The van der Waals surface area contributed by atoms with Gasteiger partial charge in [-0.25, -0.2) is 8.78 Å². The first-order chi connectivity index (χ1) is 6.56. The molecule has 1 rings (SSSR count). The highest BCUT2D eigenvalue weighted by molar-refractivity contribution is 6.30. The molecule has 0 heterocycles. The van der Waals surface area contributed by atoms with E-state index in [9.17, 15) is 8.78 Å². The summed E-state index contributed by atoms with van der Waals surface area (Å²) in [4.78, 5) is 0. The second-order valence-electron chi connectivity index (χ2n) is 2.85. The van der Waals surface area contributed by atoms with Gasteiger partial charge < -0.3 is 10.5 Å². The van der Waals surface area contributed by atoms with Crippen LogP contribution < -0.4 is 5.73 Å². The van der Waals surface area contributed by atoms with Gasteiger partial charge in [-0.2, -0.15) is 0 Å². The molecule has 78 valence electrons. The summed E-state index contributed by atoms with van der Waals surface area (Å²) < 4.78 is 30.9. The molecule has 0 saturated carbocycles. The zero-order valence-corrected chi connectivity index (χ0v) is 8.31. The molecule has 0 aliphatic carbocycles. The molecule has 0 bridgehead atoms. The van der Waals surface area contributed by atoms with Crippen LogP contribution in [0.2, 0.25) is 5.02 Å². The van der Waals surface area contributed by atoms with E-state index in [-0.39, 0.29) is 17.2 Å². The van der Waals surface area contributed by atoms with Crippen LogP contribution in [0, 0.1) is 11.6 Å². The van der Waals surface area contributed by atoms with Crippen LogP contribution in [0.1, 0.15) is 11.6 Å². The smallest absolute Gasteiger partial charge is 0.142 e. The van der Waals surface area contributed by atoms with Gasteiger partial charge in [0.05, 0.1) is 17.7 Å². The van der Waals surface area contributed by atoms with Gasteiger partial charge in [0.25, 0.3) is 0 Å². The molecule has 0 saturated heterocycles. The highest BCUT2D eigenvalue weighted by Gasteiger charge is 2.14. The number of halogens is 3. The maximum atomic E-state index is 13.2. The van der Waals surface area contributed by atoms with E-state index in [2.05, 4.69) is 0 Å². The van der Waals surface area contributed by atoms with Gasteiger partial charge in [0, 0.05) is 12.7 Å². The van der Waals surface area contributed by atoms with Crippen LogP contribution in [0.5, 0.6) is 0 Å². The Bertz CT molecular complexity index is 333. The Labute approximate surface area is 85.6 Å². The van der Waals surface area contributed by atoms with Crippen molar-refractivity contribution in [2.45, 2.75) is 6.04 Å². The Morgan fingerprint density at radius 2 is 2.07 bits per heavy atom. The predicted octanol–water partition coefficient (Wildman–Crippen LogP) is 2.26. The summed E-state index contributed by atoms with van der Waals surface area (Å²) in [6.45, 7) is 0.123. The van der Waals surface area contributed by atoms with Gasteiger partial charge in [-0.15, -0.1) is 0 Å². The molecule has 0 fully saturated rings. The molecular formula is C9H10ClF2NO. The molecule has 0 amide bonds. The molecule has 1 unspecified atom stereocenters. The minimum atomic E-state index is -0.688. The van der Waals surface area contributed by atoms with E-state index in [4.69, 9.17) is 22.1 Å². The van der Waals surface area contributed by atoms with Crippen molar-refractivity contribution in [1.29, 1.82) is 0 Å². The second-order valence-corrected chi connectivity index (χ2v) is 3.26. The first kappa shape index (κ1) is 11.4. The minimum absolute atomic E-state index is 0.0637. The van der Waals surface area contributed by atoms with E-state index in [0.717, 1.165) is 12.1 Å². The van der Waals surface area contributed by atoms with Crippen LogP contribution in [0.25, 0.3) is 0 Å². The molecule has 14 heavy (non-hydrogen) atoms. The van der Waals surface area contributed by atoms with Crippen molar-refractivity contribution in [3.8, 4) is 0 Å². The van der Waals surface area contributed by atoms with Crippen molar-refractivity contribution in [1.82, 2.24) is 0 Å². The number of hydrogen-bond donors (Lipinski definition) is 1. The average molecular weight is 222 g/mol. The number of methoxy groups -OCH3 is 1. The highest BCUT2D eigenvalue weighted by Crippen LogP contribution is 2.22. The summed E-state index contributed by atoms with van der Waals surface area (Å²) in [5.41, 5.74) is 5.61. The van der Waals surface area contributed by atoms with Crippen LogP contribution in [0.15, 0.2) is 12.1 Å². The van der Waals surface area contributed by atoms with Gasteiger partial charge in [0.2, 0.25) is 0 Å². The summed E-state index contributed by atoms with van der Waals surface area (Å²) in [5.74, 6) is -1.31. The normalized spacial score (nSPS) is 12.9. The Balaban J connectivity index is 3.02. The molecule has 1 aromatic rings. The van der Waals surface area contributed by atoms with E-state index in [1.165, 1.54) is 7.11 Å². The summed E-state index contributed by atoms with van der Waals surface area (Å²) in [6.07, 6.45) is 0. The van der Waals surface area contributed by atoms with E-state index >= 15 is 0 Å². The zero-order chi connectivity index (χ0) is 10.7. The summed E-state index contributed by atoms with van der Waals surface area (Å²) in [5, 5.41) is -0.254. The predicted molar refractivity (Wildman–Crippen MR) is 50.2 cm³/mol. The molecule has 0 aliphatic rings. The zero-order valence-electron chi connectivity index (χ0n) is 7.56. The van der Waals surface area contributed by atoms with Crippen molar-refractivity contribution in [3.05, 3.63) is 34.4 Å². The quantitative estimate of drug-likeness (QED) is 0.795. The van der Waals surface area contributed by atoms with E-state index in [1.54, 1.807) is 0 Å². The van der Waals surface area contributed by atoms with Crippen molar-refractivity contribution in [2.75, 3.05) is 13.7 Å². The maximum Gasteiger partial charge on any atom is 0.142 e. The van der Waals surface area contributed by atoms with Crippen molar-refractivity contribution in [3.63, 3.8) is 0 Å². The number of hydrogen-bond acceptors (Lipinski definition) is 2. The Morgan fingerprint density at radius 3 is 2.64 bits per heavy atom. The first-order valence-corrected chi connectivity index (χ1v) is 4.33. The average Bonchev–Trinajstić information content (AvgIpc) is 2.11. The summed E-state index contributed by atoms with van der Waals surface area (Å²) in [7, 11) is 1.43. The van der Waals surface area contributed by atoms with Gasteiger partial charge in [0.15, 0.2) is 0 Å². The standard InChI is InChI=1S/C9H10ClF2NO/c1-14-4-9(13)5-2-8(12)6(10)3-7(5)11/h2-3,9H,4,13H2,1H3. The van der Waals surface area contributed by atoms with Crippen LogP contribution in [0.4, 0.5) is 8.78 Å². The third-order valence-electron chi connectivity index (χ3n) is 1.79. The molecule has 2 nitrogen and oxygen atoms in total. The van der Waals surface area contributed by atoms with Crippen molar-refractivity contribution in [2.24, 2.45) is 5.73 Å². The van der Waals surface area contributed by atoms with Gasteiger partial charge in [0.1, 0.15) is 11.6 Å². The van der Waals surface area contributed by atoms with Crippen LogP contribution in [-0.4, -0.2) is 13.7 Å². The van der Waals surface area contributed by atoms with Crippen LogP contribution in [0.3, 0.4) is 0 Å². The summed E-state index contributed by atoms with van der Waals surface area (Å²) >= 11 is 5.38. The number of rotatable bonds is 3. The fourth-order valence-corrected chi connectivity index (χ4v) is 1.24. The molecule has 1 atom stereocenters. The monoisotopic (exact) mass is 221 g/mol. The number of nitrogens with two attached hydrogens (primary N) is 1. The second kappa shape index (κ2) is 4.68. The fraction of sp³-hybridized carbons (Fsp3) is 0.333. The molecule has 0 spiro atoms. The topological polar surface area (TPSA) is 35.2 Å². The Kier molecular flexibility index (Phi) is 3.80. The van der Waals surface area contributed by atoms with Crippen LogP contribution in [-0.2, 0) is 4.74 Å². The third-order valence-corrected chi connectivity index (χ3v) is 2.07. The SMILES string of the molecule is COCC(N)c1cc(F)c(Cl)cc1F. The maximum absolute atomic E-state index is 13.2. The lowest BCUT2D eigenvalue weighted by molar-refractivity contribution is 0.179. The number of ether oxygens (including phenoxy) is 1. The lowest BCUT2D eigenvalue weighted by atomic mass is 10.1. The van der Waals surface area contributed by atoms with Gasteiger partial charge >= 0.3 is 0 Å². The highest BCUT2D eigenvalue weighted by atomic mass is 35.5. The lowest BCUT2D eigenvalue weighted by Crippen LogP contribution is -2.17. The van der Waals surface area contributed by atoms with E-state index in [0.29, 0.717) is 0 Å². The first-order valence-electron chi connectivity index (χ1n) is 3.95. The molecule has 0 aromatic heterocycles. The van der Waals surface area contributed by atoms with Crippen molar-refractivity contribution < 1.29 is 13.5 Å². The summed E-state index contributed by atoms with van der Waals surface area (Å²) in [6, 6.07) is 1.20. The Morgan fingerprint density at radius 1 is 1.43 bits per heavy atom. The number of benzene rings is 1.